The van der Waals surface area contributed by atoms with Gasteiger partial charge in [0.05, 0.1) is 0 Å². The Morgan fingerprint density at radius 2 is 2.33 bits per heavy atom. The van der Waals surface area contributed by atoms with Crippen molar-refractivity contribution in [2.24, 2.45) is 0 Å². The summed E-state index contributed by atoms with van der Waals surface area (Å²) in [4.78, 5) is 0.799. The zero-order valence-corrected chi connectivity index (χ0v) is 12.5. The first-order valence-electron chi connectivity index (χ1n) is 6.92. The number of anilines is 1. The third-order valence-corrected chi connectivity index (χ3v) is 4.57. The van der Waals surface area contributed by atoms with E-state index in [1.165, 1.54) is 17.7 Å². The van der Waals surface area contributed by atoms with Crippen LogP contribution in [-0.2, 0) is 17.8 Å². The predicted molar refractivity (Wildman–Crippen MR) is 81.6 cm³/mol. The van der Waals surface area contributed by atoms with E-state index in [-0.39, 0.29) is 0 Å². The highest BCUT2D eigenvalue weighted by molar-refractivity contribution is 7.19. The van der Waals surface area contributed by atoms with Gasteiger partial charge in [0.2, 0.25) is 4.96 Å². The second-order valence-electron chi connectivity index (χ2n) is 5.05. The third-order valence-electron chi connectivity index (χ3n) is 3.62. The SMILES string of the molecule is COCc1nnc2sc(-c3ccc4c(c3)CCCN4)nn12. The lowest BCUT2D eigenvalue weighted by molar-refractivity contribution is 0.176. The Morgan fingerprint density at radius 1 is 1.38 bits per heavy atom. The number of fused-ring (bicyclic) bond motifs is 2. The Hall–Kier alpha value is -1.99. The van der Waals surface area contributed by atoms with E-state index in [1.807, 2.05) is 0 Å². The summed E-state index contributed by atoms with van der Waals surface area (Å²) in [5.74, 6) is 0.731. The summed E-state index contributed by atoms with van der Waals surface area (Å²) in [5, 5.41) is 17.2. The van der Waals surface area contributed by atoms with Crippen molar-refractivity contribution in [3.8, 4) is 10.6 Å². The number of hydrogen-bond donors (Lipinski definition) is 1. The molecule has 0 saturated heterocycles. The van der Waals surface area contributed by atoms with E-state index in [2.05, 4.69) is 38.8 Å². The number of hydrogen-bond acceptors (Lipinski definition) is 6. The van der Waals surface area contributed by atoms with Crippen molar-refractivity contribution in [1.82, 2.24) is 19.8 Å². The normalized spacial score (nSPS) is 14.1. The maximum Gasteiger partial charge on any atom is 0.235 e. The van der Waals surface area contributed by atoms with Gasteiger partial charge in [-0.2, -0.15) is 9.61 Å². The molecule has 0 unspecified atom stereocenters. The summed E-state index contributed by atoms with van der Waals surface area (Å²) in [6, 6.07) is 6.48. The van der Waals surface area contributed by atoms with Gasteiger partial charge in [0.15, 0.2) is 5.82 Å². The summed E-state index contributed by atoms with van der Waals surface area (Å²) < 4.78 is 6.88. The van der Waals surface area contributed by atoms with E-state index >= 15 is 0 Å². The Labute approximate surface area is 125 Å². The molecular formula is C14H15N5OS. The fraction of sp³-hybridized carbons (Fsp3) is 0.357. The zero-order valence-electron chi connectivity index (χ0n) is 11.7. The van der Waals surface area contributed by atoms with E-state index in [0.717, 1.165) is 34.3 Å². The average Bonchev–Trinajstić information content (AvgIpc) is 3.09. The molecule has 1 N–H and O–H groups in total. The number of nitrogens with zero attached hydrogens (tertiary/aromatic N) is 4. The molecule has 1 aliphatic heterocycles. The molecule has 2 aromatic heterocycles. The zero-order chi connectivity index (χ0) is 14.2. The maximum absolute atomic E-state index is 5.12. The lowest BCUT2D eigenvalue weighted by atomic mass is 10.0. The van der Waals surface area contributed by atoms with Crippen LogP contribution >= 0.6 is 11.3 Å². The van der Waals surface area contributed by atoms with Crippen LogP contribution in [0.25, 0.3) is 15.5 Å². The number of rotatable bonds is 3. The minimum Gasteiger partial charge on any atom is -0.385 e. The van der Waals surface area contributed by atoms with E-state index in [4.69, 9.17) is 4.74 Å². The first-order chi connectivity index (χ1) is 10.3. The van der Waals surface area contributed by atoms with Crippen molar-refractivity contribution in [2.45, 2.75) is 19.4 Å². The van der Waals surface area contributed by atoms with Crippen molar-refractivity contribution < 1.29 is 4.74 Å². The van der Waals surface area contributed by atoms with Crippen molar-refractivity contribution in [2.75, 3.05) is 19.0 Å². The number of nitrogens with one attached hydrogen (secondary N) is 1. The van der Waals surface area contributed by atoms with Crippen molar-refractivity contribution in [3.05, 3.63) is 29.6 Å². The standard InChI is InChI=1S/C14H15N5OS/c1-20-8-12-16-17-14-19(12)18-13(21-14)10-4-5-11-9(7-10)3-2-6-15-11/h4-5,7,15H,2-3,6,8H2,1H3. The van der Waals surface area contributed by atoms with Gasteiger partial charge in [-0.3, -0.25) is 0 Å². The molecule has 0 saturated carbocycles. The minimum atomic E-state index is 0.415. The number of aryl methyl sites for hydroxylation is 1. The highest BCUT2D eigenvalue weighted by atomic mass is 32.1. The second-order valence-corrected chi connectivity index (χ2v) is 6.01. The number of methoxy groups -OCH3 is 1. The van der Waals surface area contributed by atoms with Crippen LogP contribution in [0.3, 0.4) is 0 Å². The van der Waals surface area contributed by atoms with Gasteiger partial charge in [0.25, 0.3) is 0 Å². The van der Waals surface area contributed by atoms with Crippen LogP contribution in [0.1, 0.15) is 17.8 Å². The number of ether oxygens (including phenoxy) is 1. The topological polar surface area (TPSA) is 64.3 Å². The van der Waals surface area contributed by atoms with Crippen LogP contribution in [0.2, 0.25) is 0 Å². The molecule has 0 bridgehead atoms. The molecule has 0 atom stereocenters. The molecule has 108 valence electrons. The van der Waals surface area contributed by atoms with Gasteiger partial charge in [0.1, 0.15) is 11.6 Å². The first-order valence-corrected chi connectivity index (χ1v) is 7.74. The highest BCUT2D eigenvalue weighted by Gasteiger charge is 2.15. The average molecular weight is 301 g/mol. The molecule has 1 aliphatic rings. The molecule has 4 rings (SSSR count). The number of benzene rings is 1. The molecule has 0 spiro atoms. The predicted octanol–water partition coefficient (Wildman–Crippen LogP) is 2.36. The summed E-state index contributed by atoms with van der Waals surface area (Å²) >= 11 is 1.55. The lowest BCUT2D eigenvalue weighted by Crippen LogP contribution is -2.11. The monoisotopic (exact) mass is 301 g/mol. The van der Waals surface area contributed by atoms with Crippen molar-refractivity contribution in [1.29, 1.82) is 0 Å². The lowest BCUT2D eigenvalue weighted by Gasteiger charge is -2.18. The Balaban J connectivity index is 1.75. The Kier molecular flexibility index (Phi) is 3.08. The van der Waals surface area contributed by atoms with Crippen molar-refractivity contribution >= 4 is 22.0 Å². The molecule has 0 aliphatic carbocycles. The fourth-order valence-corrected chi connectivity index (χ4v) is 3.46. The highest BCUT2D eigenvalue weighted by Crippen LogP contribution is 2.30. The van der Waals surface area contributed by atoms with Crippen LogP contribution in [0, 0.1) is 0 Å². The molecule has 0 fully saturated rings. The van der Waals surface area contributed by atoms with E-state index in [1.54, 1.807) is 23.0 Å². The fourth-order valence-electron chi connectivity index (χ4n) is 2.60. The molecule has 21 heavy (non-hydrogen) atoms. The maximum atomic E-state index is 5.12. The van der Waals surface area contributed by atoms with Crippen LogP contribution in [0.4, 0.5) is 5.69 Å². The number of aromatic nitrogens is 4. The van der Waals surface area contributed by atoms with E-state index in [9.17, 15) is 0 Å². The first kappa shape index (κ1) is 12.7. The molecule has 0 radical (unpaired) electrons. The van der Waals surface area contributed by atoms with Gasteiger partial charge in [-0.25, -0.2) is 0 Å². The molecule has 0 amide bonds. The summed E-state index contributed by atoms with van der Waals surface area (Å²) in [6.07, 6.45) is 2.30. The van der Waals surface area contributed by atoms with Crippen LogP contribution in [0.5, 0.6) is 0 Å². The summed E-state index contributed by atoms with van der Waals surface area (Å²) in [5.41, 5.74) is 3.74. The smallest absolute Gasteiger partial charge is 0.235 e. The van der Waals surface area contributed by atoms with E-state index < -0.39 is 0 Å². The van der Waals surface area contributed by atoms with Crippen LogP contribution in [-0.4, -0.2) is 33.5 Å². The van der Waals surface area contributed by atoms with Gasteiger partial charge >= 0.3 is 0 Å². The van der Waals surface area contributed by atoms with E-state index in [0.29, 0.717) is 6.61 Å². The summed E-state index contributed by atoms with van der Waals surface area (Å²) in [7, 11) is 1.64. The quantitative estimate of drug-likeness (QED) is 0.804. The van der Waals surface area contributed by atoms with Gasteiger partial charge in [-0.1, -0.05) is 11.3 Å². The van der Waals surface area contributed by atoms with Gasteiger partial charge < -0.3 is 10.1 Å². The van der Waals surface area contributed by atoms with Crippen LogP contribution < -0.4 is 5.32 Å². The van der Waals surface area contributed by atoms with Gasteiger partial charge in [0, 0.05) is 24.9 Å². The molecule has 7 heteroatoms. The molecule has 1 aromatic carbocycles. The van der Waals surface area contributed by atoms with Gasteiger partial charge in [-0.15, -0.1) is 10.2 Å². The van der Waals surface area contributed by atoms with Crippen molar-refractivity contribution in [3.63, 3.8) is 0 Å². The Bertz CT molecular complexity index is 794. The largest absolute Gasteiger partial charge is 0.385 e. The molecule has 3 heterocycles. The van der Waals surface area contributed by atoms with Crippen LogP contribution in [0.15, 0.2) is 18.2 Å². The second kappa shape index (κ2) is 5.09. The molecule has 3 aromatic rings. The molecule has 6 nitrogen and oxygen atoms in total. The summed E-state index contributed by atoms with van der Waals surface area (Å²) in [6.45, 7) is 1.47. The minimum absolute atomic E-state index is 0.415. The Morgan fingerprint density at radius 3 is 3.24 bits per heavy atom. The molecular weight excluding hydrogens is 286 g/mol. The van der Waals surface area contributed by atoms with Gasteiger partial charge in [-0.05, 0) is 36.6 Å². The third kappa shape index (κ3) is 2.18.